The zero-order valence-electron chi connectivity index (χ0n) is 16.0. The first-order chi connectivity index (χ1) is 14.0. The van der Waals surface area contributed by atoms with Crippen LogP contribution in [0.25, 0.3) is 22.6 Å². The Morgan fingerprint density at radius 3 is 2.62 bits per heavy atom. The van der Waals surface area contributed by atoms with Crippen LogP contribution in [0, 0.1) is 17.4 Å². The number of nitrogens with one attached hydrogen (secondary N) is 1. The van der Waals surface area contributed by atoms with E-state index in [1.165, 1.54) is 0 Å². The van der Waals surface area contributed by atoms with Crippen LogP contribution in [0.15, 0.2) is 65.1 Å². The molecule has 1 N–H and O–H groups in total. The highest BCUT2D eigenvalue weighted by molar-refractivity contribution is 14.1. The Kier molecular flexibility index (Phi) is 5.53. The molecule has 0 saturated carbocycles. The van der Waals surface area contributed by atoms with E-state index < -0.39 is 0 Å². The lowest BCUT2D eigenvalue weighted by molar-refractivity contribution is -0.118. The van der Waals surface area contributed by atoms with E-state index in [2.05, 4.69) is 39.0 Å². The molecule has 5 nitrogen and oxygen atoms in total. The van der Waals surface area contributed by atoms with Crippen LogP contribution >= 0.6 is 22.6 Å². The molecule has 0 saturated heterocycles. The number of halogens is 1. The average molecular weight is 498 g/mol. The fourth-order valence-electron chi connectivity index (χ4n) is 3.11. The lowest BCUT2D eigenvalue weighted by atomic mass is 10.1. The number of carbonyl (C=O) groups excluding carboxylic acids is 1. The molecule has 0 fully saturated rings. The van der Waals surface area contributed by atoms with Crippen molar-refractivity contribution in [1.82, 2.24) is 4.98 Å². The van der Waals surface area contributed by atoms with Crippen LogP contribution in [0.5, 0.6) is 5.75 Å². The summed E-state index contributed by atoms with van der Waals surface area (Å²) in [6.07, 6.45) is 0. The summed E-state index contributed by atoms with van der Waals surface area (Å²) >= 11 is 2.26. The van der Waals surface area contributed by atoms with Gasteiger partial charge in [0.15, 0.2) is 12.2 Å². The summed E-state index contributed by atoms with van der Waals surface area (Å²) < 4.78 is 12.6. The second-order valence-electron chi connectivity index (χ2n) is 6.87. The van der Waals surface area contributed by atoms with Crippen LogP contribution in [0.4, 0.5) is 5.69 Å². The van der Waals surface area contributed by atoms with Crippen LogP contribution in [-0.2, 0) is 4.79 Å². The number of fused-ring (bicyclic) bond motifs is 1. The summed E-state index contributed by atoms with van der Waals surface area (Å²) in [5.74, 6) is 1.01. The normalized spacial score (nSPS) is 10.9. The minimum Gasteiger partial charge on any atom is -0.484 e. The minimum atomic E-state index is -0.232. The van der Waals surface area contributed by atoms with Gasteiger partial charge in [-0.3, -0.25) is 4.79 Å². The number of aromatic nitrogens is 1. The van der Waals surface area contributed by atoms with E-state index in [0.717, 1.165) is 20.3 Å². The first-order valence-electron chi connectivity index (χ1n) is 9.14. The van der Waals surface area contributed by atoms with Gasteiger partial charge in [-0.05, 0) is 96.1 Å². The molecular weight excluding hydrogens is 479 g/mol. The van der Waals surface area contributed by atoms with Gasteiger partial charge >= 0.3 is 0 Å². The van der Waals surface area contributed by atoms with E-state index in [9.17, 15) is 4.79 Å². The van der Waals surface area contributed by atoms with E-state index in [0.29, 0.717) is 28.4 Å². The first kappa shape index (κ1) is 19.4. The van der Waals surface area contributed by atoms with Crippen molar-refractivity contribution >= 4 is 45.3 Å². The van der Waals surface area contributed by atoms with Gasteiger partial charge in [0.1, 0.15) is 11.3 Å². The fraction of sp³-hybridized carbons (Fsp3) is 0.130. The zero-order chi connectivity index (χ0) is 20.4. The molecule has 29 heavy (non-hydrogen) atoms. The van der Waals surface area contributed by atoms with E-state index in [1.54, 1.807) is 18.2 Å². The van der Waals surface area contributed by atoms with E-state index in [-0.39, 0.29) is 12.5 Å². The molecule has 1 heterocycles. The Labute approximate surface area is 182 Å². The molecule has 0 aliphatic heterocycles. The van der Waals surface area contributed by atoms with Gasteiger partial charge in [-0.25, -0.2) is 4.98 Å². The number of carbonyl (C=O) groups is 1. The Balaban J connectivity index is 1.45. The quantitative estimate of drug-likeness (QED) is 0.357. The van der Waals surface area contributed by atoms with Crippen LogP contribution in [0.2, 0.25) is 0 Å². The molecule has 0 aliphatic carbocycles. The third-order valence-corrected chi connectivity index (χ3v) is 4.98. The van der Waals surface area contributed by atoms with Crippen molar-refractivity contribution < 1.29 is 13.9 Å². The number of aryl methyl sites for hydroxylation is 2. The van der Waals surface area contributed by atoms with Gasteiger partial charge in [-0.1, -0.05) is 12.1 Å². The van der Waals surface area contributed by atoms with Crippen LogP contribution in [0.1, 0.15) is 11.1 Å². The highest BCUT2D eigenvalue weighted by atomic mass is 127. The van der Waals surface area contributed by atoms with Gasteiger partial charge in [0.05, 0.1) is 0 Å². The van der Waals surface area contributed by atoms with Crippen molar-refractivity contribution in [1.29, 1.82) is 0 Å². The van der Waals surface area contributed by atoms with Crippen molar-refractivity contribution in [2.45, 2.75) is 13.8 Å². The Bertz CT molecular complexity index is 1180. The summed E-state index contributed by atoms with van der Waals surface area (Å²) in [6.45, 7) is 3.93. The van der Waals surface area contributed by atoms with Gasteiger partial charge < -0.3 is 14.5 Å². The molecule has 6 heteroatoms. The summed E-state index contributed by atoms with van der Waals surface area (Å²) in [5.41, 5.74) is 5.12. The third-order valence-electron chi connectivity index (χ3n) is 4.31. The third kappa shape index (κ3) is 4.76. The predicted molar refractivity (Wildman–Crippen MR) is 122 cm³/mol. The van der Waals surface area contributed by atoms with Crippen LogP contribution in [0.3, 0.4) is 0 Å². The van der Waals surface area contributed by atoms with Gasteiger partial charge in [0, 0.05) is 14.8 Å². The lowest BCUT2D eigenvalue weighted by Crippen LogP contribution is -2.20. The SMILES string of the molecule is Cc1cc(C)cc(OCC(=O)Nc2ccc3oc(-c4cccc(I)c4)nc3c2)c1. The number of benzene rings is 3. The molecule has 0 spiro atoms. The molecule has 0 aliphatic rings. The second-order valence-corrected chi connectivity index (χ2v) is 8.12. The number of ether oxygens (including phenoxy) is 1. The maximum Gasteiger partial charge on any atom is 0.262 e. The fourth-order valence-corrected chi connectivity index (χ4v) is 3.66. The van der Waals surface area contributed by atoms with Crippen molar-refractivity contribution in [3.8, 4) is 17.2 Å². The monoisotopic (exact) mass is 498 g/mol. The Morgan fingerprint density at radius 2 is 1.86 bits per heavy atom. The van der Waals surface area contributed by atoms with E-state index in [1.807, 2.05) is 50.2 Å². The first-order valence-corrected chi connectivity index (χ1v) is 10.2. The van der Waals surface area contributed by atoms with Gasteiger partial charge in [0.25, 0.3) is 5.91 Å². The number of nitrogens with zero attached hydrogens (tertiary/aromatic N) is 1. The molecule has 4 rings (SSSR count). The zero-order valence-corrected chi connectivity index (χ0v) is 18.2. The Hall–Kier alpha value is -2.87. The predicted octanol–water partition coefficient (Wildman–Crippen LogP) is 5.73. The lowest BCUT2D eigenvalue weighted by Gasteiger charge is -2.09. The number of amides is 1. The van der Waals surface area contributed by atoms with Crippen LogP contribution < -0.4 is 10.1 Å². The van der Waals surface area contributed by atoms with Crippen molar-refractivity contribution in [2.75, 3.05) is 11.9 Å². The smallest absolute Gasteiger partial charge is 0.262 e. The van der Waals surface area contributed by atoms with Crippen molar-refractivity contribution in [3.05, 3.63) is 75.4 Å². The molecular formula is C23H19IN2O3. The maximum absolute atomic E-state index is 12.3. The molecule has 0 bridgehead atoms. The number of hydrogen-bond donors (Lipinski definition) is 1. The molecule has 3 aromatic carbocycles. The molecule has 146 valence electrons. The summed E-state index contributed by atoms with van der Waals surface area (Å²) in [6, 6.07) is 19.2. The molecule has 1 amide bonds. The largest absolute Gasteiger partial charge is 0.484 e. The highest BCUT2D eigenvalue weighted by Gasteiger charge is 2.11. The number of rotatable bonds is 5. The highest BCUT2D eigenvalue weighted by Crippen LogP contribution is 2.27. The van der Waals surface area contributed by atoms with Gasteiger partial charge in [-0.2, -0.15) is 0 Å². The number of oxazole rings is 1. The molecule has 0 unspecified atom stereocenters. The molecule has 0 radical (unpaired) electrons. The van der Waals surface area contributed by atoms with Crippen molar-refractivity contribution in [2.24, 2.45) is 0 Å². The number of anilines is 1. The van der Waals surface area contributed by atoms with Crippen LogP contribution in [-0.4, -0.2) is 17.5 Å². The van der Waals surface area contributed by atoms with Gasteiger partial charge in [-0.15, -0.1) is 0 Å². The van der Waals surface area contributed by atoms with Gasteiger partial charge in [0.2, 0.25) is 5.89 Å². The minimum absolute atomic E-state index is 0.0621. The van der Waals surface area contributed by atoms with Crippen molar-refractivity contribution in [3.63, 3.8) is 0 Å². The summed E-state index contributed by atoms with van der Waals surface area (Å²) in [4.78, 5) is 16.8. The number of hydrogen-bond acceptors (Lipinski definition) is 4. The second kappa shape index (κ2) is 8.24. The standard InChI is InChI=1S/C23H19IN2O3/c1-14-8-15(2)10-19(9-14)28-13-22(27)25-18-6-7-21-20(12-18)26-23(29-21)16-4-3-5-17(24)11-16/h3-12H,13H2,1-2H3,(H,25,27). The molecule has 1 aromatic heterocycles. The topological polar surface area (TPSA) is 64.4 Å². The maximum atomic E-state index is 12.3. The summed E-state index contributed by atoms with van der Waals surface area (Å²) in [7, 11) is 0. The Morgan fingerprint density at radius 1 is 1.07 bits per heavy atom. The average Bonchev–Trinajstić information content (AvgIpc) is 3.09. The molecule has 0 atom stereocenters. The van der Waals surface area contributed by atoms with E-state index >= 15 is 0 Å². The summed E-state index contributed by atoms with van der Waals surface area (Å²) in [5, 5.41) is 2.84. The van der Waals surface area contributed by atoms with E-state index in [4.69, 9.17) is 9.15 Å². The molecule has 4 aromatic rings.